The molecule has 0 N–H and O–H groups in total. The van der Waals surface area contributed by atoms with Gasteiger partial charge >= 0.3 is 0 Å². The number of rotatable bonds is 12. The Hall–Kier alpha value is -6.68. The van der Waals surface area contributed by atoms with Crippen molar-refractivity contribution in [2.75, 3.05) is 9.80 Å². The van der Waals surface area contributed by atoms with Gasteiger partial charge in [0.25, 0.3) is 0 Å². The van der Waals surface area contributed by atoms with E-state index in [0.717, 1.165) is 50.1 Å². The summed E-state index contributed by atoms with van der Waals surface area (Å²) in [6.07, 6.45) is 4.25. The SMILES string of the molecule is CC(C)c1cccc(C(C)C)c1-c1cc(Oc2[c-]c3c(c(C(C)(C)c4ccccc4)c2)c2ccccc2n3-c2cc(C(C)(C)c3ccccc3)ccn2)[c-]c(N2C=C(C(C)(C)C)N(c3cc(C(C)(C)C)cc(C(C)(C)C)c3)[CH-]2)c1.[Pt]. The van der Waals surface area contributed by atoms with E-state index in [1.807, 2.05) is 6.20 Å². The number of aromatic nitrogens is 2. The van der Waals surface area contributed by atoms with E-state index < -0.39 is 5.41 Å². The van der Waals surface area contributed by atoms with Crippen LogP contribution < -0.4 is 14.5 Å². The maximum Gasteiger partial charge on any atom is 0.135 e. The first kappa shape index (κ1) is 58.0. The van der Waals surface area contributed by atoms with E-state index in [2.05, 4.69) is 309 Å². The standard InChI is InChI=1S/C74H81N4O.Pt/c1-48(2)60-32-26-33-61(49(3)4)68(60)50-37-56(76-46-66(72(11,12)13)77(47-76)57-40-54(70(5,6)7)39-55(41-57)71(8,9)10)43-58(38-50)79-59-44-63(74(16,17)52-29-22-19-23-30-52)69-62-31-24-25-34-64(62)78(65(69)45-59)67-42-53(35-36-75-67)73(14,15)51-27-20-18-21-28-51;/h18-42,44,46-49H,1-17H3;/q-3;. The van der Waals surface area contributed by atoms with Crippen LogP contribution >= 0.6 is 0 Å². The summed E-state index contributed by atoms with van der Waals surface area (Å²) in [6.45, 7) is 41.4. The van der Waals surface area contributed by atoms with E-state index in [1.54, 1.807) is 0 Å². The minimum absolute atomic E-state index is 0. The molecule has 0 saturated heterocycles. The molecular weight excluding hydrogens is 1160 g/mol. The van der Waals surface area contributed by atoms with E-state index in [4.69, 9.17) is 9.72 Å². The van der Waals surface area contributed by atoms with Gasteiger partial charge in [0.05, 0.1) is 0 Å². The number of hydrogen-bond donors (Lipinski definition) is 0. The van der Waals surface area contributed by atoms with Crippen molar-refractivity contribution in [1.82, 2.24) is 9.55 Å². The Morgan fingerprint density at radius 1 is 0.525 bits per heavy atom. The van der Waals surface area contributed by atoms with Gasteiger partial charge in [0.2, 0.25) is 0 Å². The van der Waals surface area contributed by atoms with Crippen molar-refractivity contribution in [3.8, 4) is 28.4 Å². The molecule has 10 rings (SSSR count). The molecule has 0 amide bonds. The Bertz CT molecular complexity index is 3690. The van der Waals surface area contributed by atoms with Crippen LogP contribution in [0.25, 0.3) is 38.8 Å². The van der Waals surface area contributed by atoms with Gasteiger partial charge in [-0.1, -0.05) is 232 Å². The van der Waals surface area contributed by atoms with Gasteiger partial charge in [0, 0.05) is 66.5 Å². The Morgan fingerprint density at radius 2 is 1.09 bits per heavy atom. The molecule has 6 heteroatoms. The number of pyridine rings is 1. The molecule has 0 spiro atoms. The molecule has 0 fully saturated rings. The Morgan fingerprint density at radius 3 is 1.66 bits per heavy atom. The van der Waals surface area contributed by atoms with Gasteiger partial charge in [0.1, 0.15) is 5.82 Å². The second-order valence-electron chi connectivity index (χ2n) is 26.8. The topological polar surface area (TPSA) is 33.5 Å². The molecule has 80 heavy (non-hydrogen) atoms. The monoisotopic (exact) mass is 1240 g/mol. The molecule has 5 nitrogen and oxygen atoms in total. The summed E-state index contributed by atoms with van der Waals surface area (Å²) in [5, 5.41) is 2.25. The number of hydrogen-bond acceptors (Lipinski definition) is 4. The second kappa shape index (κ2) is 21.7. The van der Waals surface area contributed by atoms with Crippen LogP contribution in [-0.2, 0) is 42.7 Å². The fraction of sp³-hybridized carbons (Fsp3) is 0.324. The Labute approximate surface area is 493 Å². The van der Waals surface area contributed by atoms with Gasteiger partial charge in [-0.25, -0.2) is 4.98 Å². The quantitative estimate of drug-likeness (QED) is 0.114. The molecule has 7 aromatic carbocycles. The number of allylic oxidation sites excluding steroid dienone is 1. The van der Waals surface area contributed by atoms with Crippen LogP contribution in [0.3, 0.4) is 0 Å². The molecule has 0 atom stereocenters. The van der Waals surface area contributed by atoms with E-state index in [9.17, 15) is 0 Å². The molecule has 0 unspecified atom stereocenters. The predicted octanol–water partition coefficient (Wildman–Crippen LogP) is 20.1. The predicted molar refractivity (Wildman–Crippen MR) is 334 cm³/mol. The molecule has 0 radical (unpaired) electrons. The van der Waals surface area contributed by atoms with Gasteiger partial charge in [-0.15, -0.1) is 53.8 Å². The summed E-state index contributed by atoms with van der Waals surface area (Å²) in [5.74, 6) is 2.60. The number of ether oxygens (including phenoxy) is 1. The van der Waals surface area contributed by atoms with Crippen molar-refractivity contribution in [3.05, 3.63) is 233 Å². The molecule has 0 aliphatic carbocycles. The second-order valence-corrected chi connectivity index (χ2v) is 26.8. The fourth-order valence-corrected chi connectivity index (χ4v) is 11.5. The van der Waals surface area contributed by atoms with Crippen LogP contribution in [0.2, 0.25) is 0 Å². The molecule has 0 saturated carbocycles. The average Bonchev–Trinajstić information content (AvgIpc) is 4.20. The number of fused-ring (bicyclic) bond motifs is 3. The summed E-state index contributed by atoms with van der Waals surface area (Å²) in [4.78, 5) is 9.82. The van der Waals surface area contributed by atoms with Crippen LogP contribution in [-0.4, -0.2) is 9.55 Å². The van der Waals surface area contributed by atoms with Crippen LogP contribution in [0.15, 0.2) is 170 Å². The molecule has 0 bridgehead atoms. The first-order valence-corrected chi connectivity index (χ1v) is 28.5. The number of nitrogens with zero attached hydrogens (tertiary/aromatic N) is 4. The van der Waals surface area contributed by atoms with Gasteiger partial charge in [-0.2, -0.15) is 0 Å². The first-order chi connectivity index (χ1) is 37.2. The zero-order chi connectivity index (χ0) is 56.6. The maximum atomic E-state index is 7.44. The van der Waals surface area contributed by atoms with E-state index >= 15 is 0 Å². The maximum absolute atomic E-state index is 7.44. The van der Waals surface area contributed by atoms with Gasteiger partial charge in [-0.05, 0) is 115 Å². The van der Waals surface area contributed by atoms with Crippen molar-refractivity contribution in [1.29, 1.82) is 0 Å². The Balaban J connectivity index is 0.00000774. The van der Waals surface area contributed by atoms with Crippen LogP contribution in [0.4, 0.5) is 11.4 Å². The molecule has 1 aliphatic rings. The summed E-state index contributed by atoms with van der Waals surface area (Å²) < 4.78 is 9.73. The normalized spacial score (nSPS) is 13.7. The zero-order valence-corrected chi connectivity index (χ0v) is 52.6. The third-order valence-corrected chi connectivity index (χ3v) is 16.5. The van der Waals surface area contributed by atoms with Crippen LogP contribution in [0.5, 0.6) is 11.5 Å². The largest absolute Gasteiger partial charge is 0.509 e. The molecule has 1 aliphatic heterocycles. The smallest absolute Gasteiger partial charge is 0.135 e. The summed E-state index contributed by atoms with van der Waals surface area (Å²) in [5.41, 5.74) is 16.5. The van der Waals surface area contributed by atoms with Crippen molar-refractivity contribution >= 4 is 33.2 Å². The minimum atomic E-state index is -0.454. The van der Waals surface area contributed by atoms with Crippen molar-refractivity contribution in [3.63, 3.8) is 0 Å². The Kier molecular flexibility index (Phi) is 15.7. The van der Waals surface area contributed by atoms with E-state index in [0.29, 0.717) is 11.5 Å². The zero-order valence-electron chi connectivity index (χ0n) is 50.3. The van der Waals surface area contributed by atoms with Crippen LogP contribution in [0.1, 0.15) is 174 Å². The third-order valence-electron chi connectivity index (χ3n) is 16.5. The number of para-hydroxylation sites is 1. The summed E-state index contributed by atoms with van der Waals surface area (Å²) in [7, 11) is 0. The third kappa shape index (κ3) is 11.1. The summed E-state index contributed by atoms with van der Waals surface area (Å²) in [6, 6.07) is 63.2. The summed E-state index contributed by atoms with van der Waals surface area (Å²) >= 11 is 0. The van der Waals surface area contributed by atoms with Crippen molar-refractivity contribution < 1.29 is 25.8 Å². The molecule has 2 aromatic heterocycles. The molecule has 9 aromatic rings. The number of anilines is 2. The van der Waals surface area contributed by atoms with Crippen molar-refractivity contribution in [2.45, 2.75) is 151 Å². The first-order valence-electron chi connectivity index (χ1n) is 28.5. The minimum Gasteiger partial charge on any atom is -0.509 e. The van der Waals surface area contributed by atoms with Gasteiger partial charge < -0.3 is 19.1 Å². The van der Waals surface area contributed by atoms with E-state index in [-0.39, 0.29) is 54.6 Å². The van der Waals surface area contributed by atoms with E-state index in [1.165, 1.54) is 50.2 Å². The van der Waals surface area contributed by atoms with Crippen LogP contribution in [0, 0.1) is 24.2 Å². The van der Waals surface area contributed by atoms with Gasteiger partial charge in [-0.3, -0.25) is 0 Å². The molecule has 3 heterocycles. The molecule has 416 valence electrons. The van der Waals surface area contributed by atoms with Gasteiger partial charge in [0.15, 0.2) is 0 Å². The number of benzene rings is 7. The average molecular weight is 1240 g/mol. The van der Waals surface area contributed by atoms with Crippen molar-refractivity contribution in [2.24, 2.45) is 5.41 Å². The fourth-order valence-electron chi connectivity index (χ4n) is 11.5. The molecular formula is C74H81N4OPt-3.